The van der Waals surface area contributed by atoms with Crippen molar-refractivity contribution in [3.05, 3.63) is 19.2 Å². The van der Waals surface area contributed by atoms with Crippen LogP contribution in [0.3, 0.4) is 0 Å². The zero-order chi connectivity index (χ0) is 13.6. The molecule has 0 aliphatic heterocycles. The summed E-state index contributed by atoms with van der Waals surface area (Å²) < 4.78 is 87.0. The molecule has 0 saturated carbocycles. The van der Waals surface area contributed by atoms with Gasteiger partial charge in [-0.2, -0.15) is 30.7 Å². The molecule has 0 spiro atoms. The van der Waals surface area contributed by atoms with Crippen LogP contribution in [0.2, 0.25) is 0 Å². The van der Waals surface area contributed by atoms with E-state index in [0.717, 1.165) is 0 Å². The first-order chi connectivity index (χ1) is 7.41. The molecule has 0 fully saturated rings. The van der Waals surface area contributed by atoms with Crippen LogP contribution in [-0.4, -0.2) is 12.1 Å². The summed E-state index contributed by atoms with van der Waals surface area (Å²) in [5.74, 6) is -11.5. The fraction of sp³-hybridized carbons (Fsp3) is 0.429. The third kappa shape index (κ3) is 2.48. The molecule has 0 N–H and O–H groups in total. The monoisotopic (exact) mass is 408 g/mol. The van der Waals surface area contributed by atoms with Gasteiger partial charge in [-0.3, -0.25) is 0 Å². The van der Waals surface area contributed by atoms with Crippen molar-refractivity contribution in [3.63, 3.8) is 0 Å². The molecule has 0 saturated heterocycles. The van der Waals surface area contributed by atoms with Gasteiger partial charge in [0.05, 0.1) is 13.1 Å². The average molecular weight is 410 g/mol. The maximum absolute atomic E-state index is 13.2. The quantitative estimate of drug-likeness (QED) is 0.561. The molecule has 17 heavy (non-hydrogen) atoms. The topological polar surface area (TPSA) is 0 Å². The predicted octanol–water partition coefficient (Wildman–Crippen LogP) is 5.56. The number of hydrogen-bond acceptors (Lipinski definition) is 1. The van der Waals surface area contributed by atoms with Gasteiger partial charge in [-0.05, 0) is 37.9 Å². The maximum Gasteiger partial charge on any atom is 0.460 e. The normalized spacial score (nSPS) is 14.2. The highest BCUT2D eigenvalue weighted by Gasteiger charge is 2.74. The molecule has 98 valence electrons. The van der Waals surface area contributed by atoms with Crippen molar-refractivity contribution in [3.8, 4) is 0 Å². The fourth-order valence-corrected chi connectivity index (χ4v) is 3.80. The van der Waals surface area contributed by atoms with E-state index in [1.807, 2.05) is 0 Å². The Morgan fingerprint density at radius 1 is 0.941 bits per heavy atom. The van der Waals surface area contributed by atoms with Crippen LogP contribution in [-0.2, 0) is 5.92 Å². The molecular weight excluding hydrogens is 409 g/mol. The van der Waals surface area contributed by atoms with Crippen LogP contribution in [0.25, 0.3) is 0 Å². The largest absolute Gasteiger partial charge is 0.460 e. The summed E-state index contributed by atoms with van der Waals surface area (Å²) in [5, 5.41) is 0. The zero-order valence-corrected chi connectivity index (χ0v) is 11.4. The van der Waals surface area contributed by atoms with Gasteiger partial charge in [0.2, 0.25) is 0 Å². The lowest BCUT2D eigenvalue weighted by Gasteiger charge is -2.27. The van der Waals surface area contributed by atoms with Crippen molar-refractivity contribution in [1.82, 2.24) is 0 Å². The van der Waals surface area contributed by atoms with Crippen molar-refractivity contribution in [2.75, 3.05) is 0 Å². The SMILES string of the molecule is FC(F)(F)C(F)(F)C(F)(F)c1cc(Br)sc1Br. The van der Waals surface area contributed by atoms with Gasteiger partial charge in [0.1, 0.15) is 0 Å². The summed E-state index contributed by atoms with van der Waals surface area (Å²) in [7, 11) is 0. The molecule has 1 aromatic rings. The first-order valence-corrected chi connectivity index (χ1v) is 6.09. The van der Waals surface area contributed by atoms with E-state index >= 15 is 0 Å². The van der Waals surface area contributed by atoms with Crippen molar-refractivity contribution >= 4 is 43.2 Å². The molecule has 1 rings (SSSR count). The molecule has 0 bridgehead atoms. The minimum Gasteiger partial charge on any atom is -0.194 e. The number of alkyl halides is 7. The molecule has 0 radical (unpaired) electrons. The summed E-state index contributed by atoms with van der Waals surface area (Å²) in [6, 6.07) is 0.522. The van der Waals surface area contributed by atoms with Crippen LogP contribution in [0, 0.1) is 0 Å². The van der Waals surface area contributed by atoms with Crippen LogP contribution in [0.5, 0.6) is 0 Å². The Bertz CT molecular complexity index is 422. The molecule has 1 heterocycles. The van der Waals surface area contributed by atoms with Gasteiger partial charge >= 0.3 is 18.0 Å². The molecule has 0 nitrogen and oxygen atoms in total. The number of hydrogen-bond donors (Lipinski definition) is 0. The summed E-state index contributed by atoms with van der Waals surface area (Å²) in [6.07, 6.45) is -6.33. The van der Waals surface area contributed by atoms with E-state index in [4.69, 9.17) is 0 Å². The van der Waals surface area contributed by atoms with Gasteiger partial charge in [-0.25, -0.2) is 0 Å². The molecule has 1 aromatic heterocycles. The van der Waals surface area contributed by atoms with Crippen molar-refractivity contribution in [2.45, 2.75) is 18.0 Å². The van der Waals surface area contributed by atoms with Gasteiger partial charge in [0.25, 0.3) is 0 Å². The van der Waals surface area contributed by atoms with Crippen molar-refractivity contribution < 1.29 is 30.7 Å². The lowest BCUT2D eigenvalue weighted by molar-refractivity contribution is -0.359. The first kappa shape index (κ1) is 15.2. The van der Waals surface area contributed by atoms with Crippen LogP contribution in [0.4, 0.5) is 30.7 Å². The molecule has 0 aliphatic carbocycles. The van der Waals surface area contributed by atoms with Crippen molar-refractivity contribution in [1.29, 1.82) is 0 Å². The Hall–Kier alpha value is 0.170. The van der Waals surface area contributed by atoms with E-state index in [1.165, 1.54) is 0 Å². The summed E-state index contributed by atoms with van der Waals surface area (Å²) in [4.78, 5) is 0. The minimum absolute atomic E-state index is 0.0111. The second-order valence-electron chi connectivity index (χ2n) is 2.88. The maximum atomic E-state index is 13.2. The minimum atomic E-state index is -6.33. The Kier molecular flexibility index (Phi) is 3.92. The van der Waals surface area contributed by atoms with Crippen LogP contribution in [0.15, 0.2) is 13.6 Å². The smallest absolute Gasteiger partial charge is 0.194 e. The third-order valence-corrected chi connectivity index (χ3v) is 4.08. The Balaban J connectivity index is 3.33. The van der Waals surface area contributed by atoms with E-state index in [-0.39, 0.29) is 3.79 Å². The van der Waals surface area contributed by atoms with Crippen LogP contribution in [0.1, 0.15) is 5.56 Å². The Morgan fingerprint density at radius 2 is 1.41 bits per heavy atom. The van der Waals surface area contributed by atoms with Gasteiger partial charge in [0, 0.05) is 0 Å². The number of thiophene rings is 1. The molecule has 0 atom stereocenters. The molecule has 0 aromatic carbocycles. The van der Waals surface area contributed by atoms with Crippen LogP contribution < -0.4 is 0 Å². The van der Waals surface area contributed by atoms with E-state index < -0.39 is 27.4 Å². The van der Waals surface area contributed by atoms with E-state index in [0.29, 0.717) is 17.4 Å². The van der Waals surface area contributed by atoms with E-state index in [2.05, 4.69) is 31.9 Å². The van der Waals surface area contributed by atoms with Crippen molar-refractivity contribution in [2.24, 2.45) is 0 Å². The summed E-state index contributed by atoms with van der Waals surface area (Å²) >= 11 is 5.82. The average Bonchev–Trinajstić information content (AvgIpc) is 2.43. The lowest BCUT2D eigenvalue weighted by Crippen LogP contribution is -2.49. The molecule has 0 aliphatic rings. The standard InChI is InChI=1S/C7HBr2F7S/c8-3-1-2(4(9)17-3)5(10,11)6(12,13)7(14,15)16/h1H. The fourth-order valence-electron chi connectivity index (χ4n) is 0.901. The highest BCUT2D eigenvalue weighted by molar-refractivity contribution is 9.12. The molecule has 0 unspecified atom stereocenters. The first-order valence-electron chi connectivity index (χ1n) is 3.69. The summed E-state index contributed by atoms with van der Waals surface area (Å²) in [6.45, 7) is 0. The van der Waals surface area contributed by atoms with E-state index in [9.17, 15) is 30.7 Å². The Morgan fingerprint density at radius 3 is 1.71 bits per heavy atom. The van der Waals surface area contributed by atoms with Gasteiger partial charge in [-0.1, -0.05) is 0 Å². The number of rotatable bonds is 2. The summed E-state index contributed by atoms with van der Waals surface area (Å²) in [5.41, 5.74) is -1.41. The van der Waals surface area contributed by atoms with Crippen LogP contribution >= 0.6 is 43.2 Å². The Labute approximate surface area is 111 Å². The second-order valence-corrected chi connectivity index (χ2v) is 6.63. The van der Waals surface area contributed by atoms with E-state index in [1.54, 1.807) is 0 Å². The predicted molar refractivity (Wildman–Crippen MR) is 54.6 cm³/mol. The van der Waals surface area contributed by atoms with Gasteiger partial charge in [-0.15, -0.1) is 11.3 Å². The third-order valence-electron chi connectivity index (χ3n) is 1.75. The van der Waals surface area contributed by atoms with Gasteiger partial charge < -0.3 is 0 Å². The number of halogens is 9. The second kappa shape index (κ2) is 4.37. The molecular formula is C7HBr2F7S. The lowest BCUT2D eigenvalue weighted by atomic mass is 10.1. The van der Waals surface area contributed by atoms with Gasteiger partial charge in [0.15, 0.2) is 0 Å². The molecule has 0 amide bonds. The zero-order valence-electron chi connectivity index (χ0n) is 7.39. The highest BCUT2D eigenvalue weighted by atomic mass is 79.9. The highest BCUT2D eigenvalue weighted by Crippen LogP contribution is 2.54. The molecule has 10 heteroatoms.